The first kappa shape index (κ1) is 16.4. The minimum absolute atomic E-state index is 0.0851. The maximum absolute atomic E-state index is 10.9. The molecule has 6 heteroatoms. The number of hydrogen-bond acceptors (Lipinski definition) is 5. The van der Waals surface area contributed by atoms with Gasteiger partial charge in [-0.3, -0.25) is 10.1 Å². The van der Waals surface area contributed by atoms with E-state index in [9.17, 15) is 10.1 Å². The number of rotatable bonds is 10. The number of nitrogens with one attached hydrogen (secondary N) is 1. The quantitative estimate of drug-likeness (QED) is 0.406. The van der Waals surface area contributed by atoms with Crippen LogP contribution in [-0.2, 0) is 16.1 Å². The lowest BCUT2D eigenvalue weighted by atomic mass is 10.2. The predicted octanol–water partition coefficient (Wildman–Crippen LogP) is 2.97. The highest BCUT2D eigenvalue weighted by atomic mass is 16.6. The molecule has 6 nitrogen and oxygen atoms in total. The Balaban J connectivity index is 2.50. The Labute approximate surface area is 119 Å². The van der Waals surface area contributed by atoms with Gasteiger partial charge >= 0.3 is 0 Å². The zero-order valence-corrected chi connectivity index (χ0v) is 12.1. The highest BCUT2D eigenvalue weighted by molar-refractivity contribution is 5.62. The molecule has 20 heavy (non-hydrogen) atoms. The van der Waals surface area contributed by atoms with Crippen LogP contribution in [0.5, 0.6) is 0 Å². The molecule has 0 heterocycles. The summed E-state index contributed by atoms with van der Waals surface area (Å²) in [6, 6.07) is 4.98. The molecule has 0 amide bonds. The number of nitro benzene ring substituents is 1. The lowest BCUT2D eigenvalue weighted by molar-refractivity contribution is -0.384. The van der Waals surface area contributed by atoms with Crippen molar-refractivity contribution in [3.8, 4) is 0 Å². The highest BCUT2D eigenvalue weighted by Crippen LogP contribution is 2.25. The van der Waals surface area contributed by atoms with Gasteiger partial charge in [0, 0.05) is 19.2 Å². The lowest BCUT2D eigenvalue weighted by Gasteiger charge is -2.08. The second-order valence-electron chi connectivity index (χ2n) is 4.30. The fraction of sp³-hybridized carbons (Fsp3) is 0.571. The van der Waals surface area contributed by atoms with E-state index < -0.39 is 0 Å². The first-order chi connectivity index (χ1) is 9.69. The molecular formula is C14H22N2O4. The molecule has 0 bridgehead atoms. The van der Waals surface area contributed by atoms with Crippen molar-refractivity contribution >= 4 is 11.4 Å². The van der Waals surface area contributed by atoms with Crippen LogP contribution in [-0.4, -0.2) is 31.3 Å². The van der Waals surface area contributed by atoms with Gasteiger partial charge in [0.15, 0.2) is 0 Å². The van der Waals surface area contributed by atoms with E-state index in [-0.39, 0.29) is 10.6 Å². The number of benzene rings is 1. The van der Waals surface area contributed by atoms with E-state index in [2.05, 4.69) is 12.2 Å². The summed E-state index contributed by atoms with van der Waals surface area (Å²) in [6.45, 7) is 6.85. The third kappa shape index (κ3) is 5.54. The minimum Gasteiger partial charge on any atom is -0.380 e. The van der Waals surface area contributed by atoms with Crippen LogP contribution in [0.15, 0.2) is 18.2 Å². The molecule has 1 rings (SSSR count). The molecule has 0 aliphatic heterocycles. The summed E-state index contributed by atoms with van der Waals surface area (Å²) in [7, 11) is 0. The number of anilines is 1. The first-order valence-electron chi connectivity index (χ1n) is 6.85. The Morgan fingerprint density at radius 3 is 2.60 bits per heavy atom. The smallest absolute Gasteiger partial charge is 0.292 e. The second kappa shape index (κ2) is 9.28. The molecule has 0 aromatic heterocycles. The van der Waals surface area contributed by atoms with Gasteiger partial charge in [0.1, 0.15) is 5.69 Å². The third-order valence-electron chi connectivity index (χ3n) is 2.61. The lowest BCUT2D eigenvalue weighted by Crippen LogP contribution is -2.06. The Kier molecular flexibility index (Phi) is 7.60. The second-order valence-corrected chi connectivity index (χ2v) is 4.30. The molecular weight excluding hydrogens is 260 g/mol. The average Bonchev–Trinajstić information content (AvgIpc) is 2.43. The van der Waals surface area contributed by atoms with Gasteiger partial charge in [-0.05, 0) is 31.0 Å². The number of hydrogen-bond donors (Lipinski definition) is 1. The number of nitro groups is 1. The van der Waals surface area contributed by atoms with Crippen LogP contribution in [0.3, 0.4) is 0 Å². The van der Waals surface area contributed by atoms with Crippen LogP contribution < -0.4 is 5.32 Å². The zero-order valence-electron chi connectivity index (χ0n) is 12.1. The average molecular weight is 282 g/mol. The summed E-state index contributed by atoms with van der Waals surface area (Å²) >= 11 is 0. The molecule has 0 fully saturated rings. The fourth-order valence-electron chi connectivity index (χ4n) is 1.72. The van der Waals surface area contributed by atoms with E-state index in [1.807, 2.05) is 6.92 Å². The van der Waals surface area contributed by atoms with E-state index in [0.717, 1.165) is 18.6 Å². The molecule has 0 saturated heterocycles. The van der Waals surface area contributed by atoms with Gasteiger partial charge in [-0.25, -0.2) is 0 Å². The van der Waals surface area contributed by atoms with Gasteiger partial charge in [0.2, 0.25) is 0 Å². The van der Waals surface area contributed by atoms with Crippen molar-refractivity contribution in [2.24, 2.45) is 0 Å². The van der Waals surface area contributed by atoms with E-state index in [1.54, 1.807) is 12.1 Å². The third-order valence-corrected chi connectivity index (χ3v) is 2.61. The highest BCUT2D eigenvalue weighted by Gasteiger charge is 2.13. The van der Waals surface area contributed by atoms with Crippen molar-refractivity contribution < 1.29 is 14.4 Å². The molecule has 0 unspecified atom stereocenters. The van der Waals surface area contributed by atoms with Crippen molar-refractivity contribution in [3.05, 3.63) is 33.9 Å². The van der Waals surface area contributed by atoms with Gasteiger partial charge in [0.25, 0.3) is 5.69 Å². The van der Waals surface area contributed by atoms with Crippen LogP contribution in [0.2, 0.25) is 0 Å². The molecule has 0 spiro atoms. The Hall–Kier alpha value is -1.66. The maximum atomic E-state index is 10.9. The number of ether oxygens (including phenoxy) is 2. The van der Waals surface area contributed by atoms with Gasteiger partial charge < -0.3 is 14.8 Å². The van der Waals surface area contributed by atoms with Crippen LogP contribution in [0.1, 0.15) is 25.8 Å². The molecule has 0 atom stereocenters. The van der Waals surface area contributed by atoms with Gasteiger partial charge in [-0.1, -0.05) is 6.92 Å². The van der Waals surface area contributed by atoms with Crippen LogP contribution in [0, 0.1) is 10.1 Å². The molecule has 1 aromatic rings. The maximum Gasteiger partial charge on any atom is 0.292 e. The van der Waals surface area contributed by atoms with Gasteiger partial charge in [-0.15, -0.1) is 0 Å². The summed E-state index contributed by atoms with van der Waals surface area (Å²) in [5.41, 5.74) is 1.52. The molecule has 1 N–H and O–H groups in total. The van der Waals surface area contributed by atoms with Gasteiger partial charge in [-0.2, -0.15) is 0 Å². The van der Waals surface area contributed by atoms with E-state index in [1.165, 1.54) is 6.07 Å². The zero-order chi connectivity index (χ0) is 14.8. The van der Waals surface area contributed by atoms with Crippen molar-refractivity contribution in [2.75, 3.05) is 31.7 Å². The molecule has 0 aliphatic rings. The Morgan fingerprint density at radius 1 is 1.20 bits per heavy atom. The van der Waals surface area contributed by atoms with E-state index in [0.29, 0.717) is 32.1 Å². The summed E-state index contributed by atoms with van der Waals surface area (Å²) in [6.07, 6.45) is 0.994. The van der Waals surface area contributed by atoms with Crippen molar-refractivity contribution in [1.82, 2.24) is 0 Å². The molecule has 1 aromatic carbocycles. The molecule has 112 valence electrons. The summed E-state index contributed by atoms with van der Waals surface area (Å²) < 4.78 is 10.8. The standard InChI is InChI=1S/C14H22N2O4/c1-3-7-19-8-9-20-11-12-5-6-14(16(17)18)13(10-12)15-4-2/h5-6,10,15H,3-4,7-9,11H2,1-2H3. The topological polar surface area (TPSA) is 73.6 Å². The van der Waals surface area contributed by atoms with Gasteiger partial charge in [0.05, 0.1) is 24.7 Å². The predicted molar refractivity (Wildman–Crippen MR) is 78.0 cm³/mol. The van der Waals surface area contributed by atoms with Crippen LogP contribution in [0.4, 0.5) is 11.4 Å². The summed E-state index contributed by atoms with van der Waals surface area (Å²) in [4.78, 5) is 10.5. The monoisotopic (exact) mass is 282 g/mol. The minimum atomic E-state index is -0.388. The van der Waals surface area contributed by atoms with Crippen LogP contribution >= 0.6 is 0 Å². The summed E-state index contributed by atoms with van der Waals surface area (Å²) in [5, 5.41) is 13.9. The SMILES string of the molecule is CCCOCCOCc1ccc([N+](=O)[O-])c(NCC)c1. The van der Waals surface area contributed by atoms with E-state index in [4.69, 9.17) is 9.47 Å². The molecule has 0 saturated carbocycles. The van der Waals surface area contributed by atoms with Crippen molar-refractivity contribution in [1.29, 1.82) is 0 Å². The largest absolute Gasteiger partial charge is 0.380 e. The Morgan fingerprint density at radius 2 is 1.95 bits per heavy atom. The molecule has 0 radical (unpaired) electrons. The fourth-order valence-corrected chi connectivity index (χ4v) is 1.72. The van der Waals surface area contributed by atoms with E-state index >= 15 is 0 Å². The van der Waals surface area contributed by atoms with Crippen LogP contribution in [0.25, 0.3) is 0 Å². The normalized spacial score (nSPS) is 10.5. The molecule has 0 aliphatic carbocycles. The van der Waals surface area contributed by atoms with Crippen molar-refractivity contribution in [3.63, 3.8) is 0 Å². The first-order valence-corrected chi connectivity index (χ1v) is 6.85. The number of nitrogens with zero attached hydrogens (tertiary/aromatic N) is 1. The summed E-state index contributed by atoms with van der Waals surface area (Å²) in [5.74, 6) is 0. The van der Waals surface area contributed by atoms with Crippen molar-refractivity contribution in [2.45, 2.75) is 26.9 Å². The Bertz CT molecular complexity index is 424.